The van der Waals surface area contributed by atoms with Crippen LogP contribution in [-0.4, -0.2) is 23.9 Å². The van der Waals surface area contributed by atoms with E-state index in [4.69, 9.17) is 11.1 Å². The summed E-state index contributed by atoms with van der Waals surface area (Å²) < 4.78 is 0. The quantitative estimate of drug-likeness (QED) is 0.570. The molecule has 1 aromatic heterocycles. The van der Waals surface area contributed by atoms with Gasteiger partial charge in [-0.25, -0.2) is 0 Å². The van der Waals surface area contributed by atoms with Crippen LogP contribution in [-0.2, 0) is 6.42 Å². The summed E-state index contributed by atoms with van der Waals surface area (Å²) in [6.45, 7) is 2.07. The number of hydrogen-bond donors (Lipinski definition) is 2. The highest BCUT2D eigenvalue weighted by Crippen LogP contribution is 2.12. The highest BCUT2D eigenvalue weighted by molar-refractivity contribution is 7.09. The minimum absolute atomic E-state index is 0.129. The summed E-state index contributed by atoms with van der Waals surface area (Å²) in [5.41, 5.74) is 5.38. The van der Waals surface area contributed by atoms with Crippen LogP contribution in [0.3, 0.4) is 0 Å². The Bertz CT molecular complexity index is 268. The van der Waals surface area contributed by atoms with Gasteiger partial charge in [-0.2, -0.15) is 0 Å². The molecule has 1 unspecified atom stereocenters. The van der Waals surface area contributed by atoms with E-state index in [2.05, 4.69) is 18.4 Å². The van der Waals surface area contributed by atoms with Crippen molar-refractivity contribution in [3.63, 3.8) is 0 Å². The molecule has 4 heteroatoms. The number of likely N-dealkylation sites (N-methyl/N-ethyl adjacent to an activating group) is 1. The molecule has 3 N–H and O–H groups in total. The number of thiophene rings is 1. The molecular formula is C9H15N3S. The lowest BCUT2D eigenvalue weighted by molar-refractivity contribution is 0.383. The molecule has 1 atom stereocenters. The number of hydrogen-bond acceptors (Lipinski definition) is 2. The number of guanidine groups is 1. The Hall–Kier alpha value is -1.03. The van der Waals surface area contributed by atoms with Crippen LogP contribution in [0.5, 0.6) is 0 Å². The SMILES string of the molecule is CC(Cc1cccs1)N(C)C(=N)N. The van der Waals surface area contributed by atoms with Gasteiger partial charge in [0, 0.05) is 24.4 Å². The first-order chi connectivity index (χ1) is 6.11. The third-order valence-corrected chi connectivity index (χ3v) is 3.02. The average Bonchev–Trinajstić information content (AvgIpc) is 2.55. The van der Waals surface area contributed by atoms with Crippen LogP contribution in [0.25, 0.3) is 0 Å². The Labute approximate surface area is 82.7 Å². The summed E-state index contributed by atoms with van der Waals surface area (Å²) in [5, 5.41) is 9.33. The molecule has 3 nitrogen and oxygen atoms in total. The Kier molecular flexibility index (Phi) is 3.31. The molecule has 0 amide bonds. The zero-order valence-corrected chi connectivity index (χ0v) is 8.77. The predicted molar refractivity (Wildman–Crippen MR) is 57.2 cm³/mol. The molecule has 0 aromatic carbocycles. The summed E-state index contributed by atoms with van der Waals surface area (Å²) in [5.74, 6) is 0.129. The van der Waals surface area contributed by atoms with E-state index in [1.165, 1.54) is 4.88 Å². The van der Waals surface area contributed by atoms with Crippen LogP contribution in [0.1, 0.15) is 11.8 Å². The third-order valence-electron chi connectivity index (χ3n) is 2.12. The highest BCUT2D eigenvalue weighted by Gasteiger charge is 2.10. The zero-order chi connectivity index (χ0) is 9.84. The standard InChI is InChI=1S/C9H15N3S/c1-7(12(2)9(10)11)6-8-4-3-5-13-8/h3-5,7H,6H2,1-2H3,(H3,10,11). The summed E-state index contributed by atoms with van der Waals surface area (Å²) in [6, 6.07) is 4.44. The first-order valence-corrected chi connectivity index (χ1v) is 5.08. The van der Waals surface area contributed by atoms with Gasteiger partial charge in [0.2, 0.25) is 0 Å². The highest BCUT2D eigenvalue weighted by atomic mass is 32.1. The Morgan fingerprint density at radius 3 is 2.92 bits per heavy atom. The fourth-order valence-corrected chi connectivity index (χ4v) is 1.92. The van der Waals surface area contributed by atoms with E-state index in [0.29, 0.717) is 0 Å². The topological polar surface area (TPSA) is 53.1 Å². The molecule has 0 aliphatic carbocycles. The van der Waals surface area contributed by atoms with Gasteiger partial charge < -0.3 is 10.6 Å². The van der Waals surface area contributed by atoms with Crippen molar-refractivity contribution in [2.75, 3.05) is 7.05 Å². The van der Waals surface area contributed by atoms with Gasteiger partial charge in [0.15, 0.2) is 5.96 Å². The first kappa shape index (κ1) is 10.1. The van der Waals surface area contributed by atoms with Crippen molar-refractivity contribution in [2.24, 2.45) is 5.73 Å². The van der Waals surface area contributed by atoms with Crippen molar-refractivity contribution >= 4 is 17.3 Å². The largest absolute Gasteiger partial charge is 0.370 e. The van der Waals surface area contributed by atoms with Gasteiger partial charge in [-0.3, -0.25) is 5.41 Å². The number of nitrogens with one attached hydrogen (secondary N) is 1. The summed E-state index contributed by atoms with van der Waals surface area (Å²) >= 11 is 1.74. The normalized spacial score (nSPS) is 12.5. The van der Waals surface area contributed by atoms with Crippen molar-refractivity contribution in [3.8, 4) is 0 Å². The lowest BCUT2D eigenvalue weighted by atomic mass is 10.2. The van der Waals surface area contributed by atoms with Gasteiger partial charge >= 0.3 is 0 Å². The van der Waals surface area contributed by atoms with Crippen LogP contribution in [0.15, 0.2) is 17.5 Å². The summed E-state index contributed by atoms with van der Waals surface area (Å²) in [7, 11) is 1.85. The summed E-state index contributed by atoms with van der Waals surface area (Å²) in [4.78, 5) is 3.11. The second-order valence-electron chi connectivity index (χ2n) is 3.13. The summed E-state index contributed by atoms with van der Waals surface area (Å²) in [6.07, 6.45) is 0.952. The van der Waals surface area contributed by atoms with Gasteiger partial charge in [-0.15, -0.1) is 11.3 Å². The second-order valence-corrected chi connectivity index (χ2v) is 4.16. The van der Waals surface area contributed by atoms with E-state index in [0.717, 1.165) is 6.42 Å². The number of rotatable bonds is 3. The maximum atomic E-state index is 7.27. The zero-order valence-electron chi connectivity index (χ0n) is 7.95. The Morgan fingerprint density at radius 2 is 2.46 bits per heavy atom. The fourth-order valence-electron chi connectivity index (χ4n) is 1.09. The van der Waals surface area contributed by atoms with E-state index >= 15 is 0 Å². The van der Waals surface area contributed by atoms with Gasteiger partial charge in [0.1, 0.15) is 0 Å². The van der Waals surface area contributed by atoms with Crippen molar-refractivity contribution in [1.82, 2.24) is 4.90 Å². The maximum absolute atomic E-state index is 7.27. The smallest absolute Gasteiger partial charge is 0.188 e. The number of nitrogens with zero attached hydrogens (tertiary/aromatic N) is 1. The van der Waals surface area contributed by atoms with Gasteiger partial charge in [0.25, 0.3) is 0 Å². The lowest BCUT2D eigenvalue weighted by Gasteiger charge is -2.24. The van der Waals surface area contributed by atoms with Crippen LogP contribution in [0, 0.1) is 5.41 Å². The molecule has 0 saturated heterocycles. The van der Waals surface area contributed by atoms with E-state index in [9.17, 15) is 0 Å². The lowest BCUT2D eigenvalue weighted by Crippen LogP contribution is -2.40. The average molecular weight is 197 g/mol. The van der Waals surface area contributed by atoms with Gasteiger partial charge in [-0.05, 0) is 18.4 Å². The molecule has 0 saturated carbocycles. The molecule has 0 aliphatic rings. The van der Waals surface area contributed by atoms with Crippen LogP contribution < -0.4 is 5.73 Å². The molecule has 13 heavy (non-hydrogen) atoms. The van der Waals surface area contributed by atoms with Gasteiger partial charge in [0.05, 0.1) is 0 Å². The molecule has 0 spiro atoms. The van der Waals surface area contributed by atoms with E-state index < -0.39 is 0 Å². The Balaban J connectivity index is 2.50. The minimum Gasteiger partial charge on any atom is -0.370 e. The van der Waals surface area contributed by atoms with Gasteiger partial charge in [-0.1, -0.05) is 6.07 Å². The first-order valence-electron chi connectivity index (χ1n) is 4.20. The molecule has 1 rings (SSSR count). The predicted octanol–water partition coefficient (Wildman–Crippen LogP) is 1.50. The van der Waals surface area contributed by atoms with Crippen LogP contribution in [0.4, 0.5) is 0 Å². The third kappa shape index (κ3) is 2.73. The van der Waals surface area contributed by atoms with E-state index in [1.807, 2.05) is 13.1 Å². The maximum Gasteiger partial charge on any atom is 0.188 e. The molecule has 0 radical (unpaired) electrons. The number of nitrogens with two attached hydrogens (primary N) is 1. The minimum atomic E-state index is 0.129. The molecule has 0 fully saturated rings. The molecular weight excluding hydrogens is 182 g/mol. The van der Waals surface area contributed by atoms with Crippen molar-refractivity contribution in [1.29, 1.82) is 5.41 Å². The fraction of sp³-hybridized carbons (Fsp3) is 0.444. The van der Waals surface area contributed by atoms with Crippen molar-refractivity contribution in [3.05, 3.63) is 22.4 Å². The Morgan fingerprint density at radius 1 is 1.77 bits per heavy atom. The molecule has 0 bridgehead atoms. The monoisotopic (exact) mass is 197 g/mol. The van der Waals surface area contributed by atoms with Crippen LogP contribution >= 0.6 is 11.3 Å². The van der Waals surface area contributed by atoms with E-state index in [1.54, 1.807) is 16.2 Å². The van der Waals surface area contributed by atoms with Crippen molar-refractivity contribution in [2.45, 2.75) is 19.4 Å². The molecule has 1 aromatic rings. The van der Waals surface area contributed by atoms with Crippen LogP contribution in [0.2, 0.25) is 0 Å². The van der Waals surface area contributed by atoms with E-state index in [-0.39, 0.29) is 12.0 Å². The van der Waals surface area contributed by atoms with Crippen molar-refractivity contribution < 1.29 is 0 Å². The second kappa shape index (κ2) is 4.28. The molecule has 72 valence electrons. The molecule has 1 heterocycles. The molecule has 0 aliphatic heterocycles.